The molecule has 4 aromatic carbocycles. The molecule has 3 nitrogen and oxygen atoms in total. The van der Waals surface area contributed by atoms with Crippen molar-refractivity contribution in [2.75, 3.05) is 13.2 Å². The second-order valence-electron chi connectivity index (χ2n) is 8.01. The van der Waals surface area contributed by atoms with Crippen LogP contribution in [0.4, 0.5) is 0 Å². The van der Waals surface area contributed by atoms with Gasteiger partial charge in [-0.05, 0) is 95.8 Å². The largest absolute Gasteiger partial charge is 0.494 e. The van der Waals surface area contributed by atoms with Gasteiger partial charge in [0.15, 0.2) is 0 Å². The molecule has 0 atom stereocenters. The third-order valence-electron chi connectivity index (χ3n) is 5.61. The van der Waals surface area contributed by atoms with Gasteiger partial charge in [0.2, 0.25) is 0 Å². The van der Waals surface area contributed by atoms with Gasteiger partial charge in [-0.2, -0.15) is 0 Å². The molecule has 0 amide bonds. The highest BCUT2D eigenvalue weighted by Crippen LogP contribution is 2.31. The van der Waals surface area contributed by atoms with Crippen LogP contribution in [0.15, 0.2) is 84.9 Å². The summed E-state index contributed by atoms with van der Waals surface area (Å²) in [5.41, 5.74) is 6.35. The fourth-order valence-corrected chi connectivity index (χ4v) is 4.30. The molecule has 0 heterocycles. The average molecular weight is 507 g/mol. The number of rotatable bonds is 10. The molecule has 35 heavy (non-hydrogen) atoms. The number of hydrogen-bond donors (Lipinski definition) is 0. The van der Waals surface area contributed by atoms with Gasteiger partial charge in [0, 0.05) is 10.0 Å². The summed E-state index contributed by atoms with van der Waals surface area (Å²) in [4.78, 5) is 0. The van der Waals surface area contributed by atoms with Gasteiger partial charge in [0.1, 0.15) is 11.5 Å². The van der Waals surface area contributed by atoms with Crippen molar-refractivity contribution >= 4 is 23.2 Å². The normalized spacial score (nSPS) is 10.9. The monoisotopic (exact) mass is 506 g/mol. The molecule has 0 aliphatic heterocycles. The summed E-state index contributed by atoms with van der Waals surface area (Å²) in [6, 6.07) is 27.8. The minimum Gasteiger partial charge on any atom is -0.494 e. The predicted octanol–water partition coefficient (Wildman–Crippen LogP) is 8.84. The van der Waals surface area contributed by atoms with Crippen LogP contribution in [0.3, 0.4) is 0 Å². The van der Waals surface area contributed by atoms with Crippen LogP contribution < -0.4 is 9.47 Å². The van der Waals surface area contributed by atoms with Crippen molar-refractivity contribution in [3.8, 4) is 33.8 Å². The number of halogens is 2. The van der Waals surface area contributed by atoms with Crippen LogP contribution in [0.25, 0.3) is 22.3 Å². The molecule has 0 spiro atoms. The number of benzene rings is 4. The molecule has 0 bridgehead atoms. The van der Waals surface area contributed by atoms with Crippen molar-refractivity contribution in [3.63, 3.8) is 0 Å². The Labute approximate surface area is 217 Å². The average Bonchev–Trinajstić information content (AvgIpc) is 2.87. The van der Waals surface area contributed by atoms with Crippen LogP contribution in [0.5, 0.6) is 11.5 Å². The molecule has 0 radical (unpaired) electrons. The molecule has 0 unspecified atom stereocenters. The summed E-state index contributed by atoms with van der Waals surface area (Å²) >= 11 is 12.6. The Morgan fingerprint density at radius 1 is 0.543 bits per heavy atom. The minimum atomic E-state index is 0.449. The van der Waals surface area contributed by atoms with Gasteiger partial charge < -0.3 is 14.2 Å². The summed E-state index contributed by atoms with van der Waals surface area (Å²) in [5, 5.41) is 1.38. The lowest BCUT2D eigenvalue weighted by atomic mass is 9.99. The lowest BCUT2D eigenvalue weighted by Gasteiger charge is -2.14. The molecule has 0 saturated heterocycles. The molecule has 0 aliphatic rings. The molecule has 5 heteroatoms. The summed E-state index contributed by atoms with van der Waals surface area (Å²) in [6.45, 7) is 6.12. The summed E-state index contributed by atoms with van der Waals surface area (Å²) in [6.07, 6.45) is 0. The fraction of sp³-hybridized carbons (Fsp3) is 0.200. The van der Waals surface area contributed by atoms with Crippen molar-refractivity contribution < 1.29 is 14.2 Å². The van der Waals surface area contributed by atoms with E-state index in [1.165, 1.54) is 0 Å². The molecule has 0 aliphatic carbocycles. The van der Waals surface area contributed by atoms with E-state index >= 15 is 0 Å². The van der Waals surface area contributed by atoms with E-state index in [0.29, 0.717) is 36.5 Å². The molecular formula is C30H28Cl2O3. The van der Waals surface area contributed by atoms with E-state index in [-0.39, 0.29) is 0 Å². The van der Waals surface area contributed by atoms with Gasteiger partial charge in [-0.15, -0.1) is 0 Å². The molecule has 0 N–H and O–H groups in total. The van der Waals surface area contributed by atoms with E-state index in [9.17, 15) is 0 Å². The first kappa shape index (κ1) is 25.1. The molecular weight excluding hydrogens is 479 g/mol. The minimum absolute atomic E-state index is 0.449. The van der Waals surface area contributed by atoms with Crippen molar-refractivity contribution in [2.45, 2.75) is 27.1 Å². The van der Waals surface area contributed by atoms with E-state index in [4.69, 9.17) is 37.4 Å². The molecule has 4 rings (SSSR count). The maximum Gasteiger partial charge on any atom is 0.119 e. The summed E-state index contributed by atoms with van der Waals surface area (Å²) < 4.78 is 17.3. The molecule has 0 aromatic heterocycles. The standard InChI is InChI=1S/C30H28Cl2O3/c1-3-34-27-13-7-21(8-14-27)29-17-25(31)11-5-23(29)19-33-20-24-6-12-26(32)18-30(24)22-9-15-28(16-10-22)35-4-2/h5-18H,3-4,19-20H2,1-2H3. The van der Waals surface area contributed by atoms with Crippen molar-refractivity contribution in [1.29, 1.82) is 0 Å². The maximum absolute atomic E-state index is 6.32. The van der Waals surface area contributed by atoms with E-state index in [1.54, 1.807) is 0 Å². The molecule has 0 fully saturated rings. The lowest BCUT2D eigenvalue weighted by Crippen LogP contribution is -1.99. The Morgan fingerprint density at radius 3 is 1.31 bits per heavy atom. The van der Waals surface area contributed by atoms with Gasteiger partial charge in [0.05, 0.1) is 26.4 Å². The van der Waals surface area contributed by atoms with Gasteiger partial charge in [-0.1, -0.05) is 59.6 Å². The molecule has 4 aromatic rings. The van der Waals surface area contributed by atoms with E-state index in [1.807, 2.05) is 98.8 Å². The zero-order chi connectivity index (χ0) is 24.6. The third kappa shape index (κ3) is 6.58. The topological polar surface area (TPSA) is 27.7 Å². The first-order valence-corrected chi connectivity index (χ1v) is 12.4. The SMILES string of the molecule is CCOc1ccc(-c2cc(Cl)ccc2COCc2ccc(Cl)cc2-c2ccc(OCC)cc2)cc1. The zero-order valence-electron chi connectivity index (χ0n) is 19.9. The number of hydrogen-bond acceptors (Lipinski definition) is 3. The first-order chi connectivity index (χ1) is 17.1. The highest BCUT2D eigenvalue weighted by molar-refractivity contribution is 6.31. The van der Waals surface area contributed by atoms with Gasteiger partial charge in [-0.3, -0.25) is 0 Å². The Hall–Kier alpha value is -2.98. The second kappa shape index (κ2) is 12.1. The smallest absolute Gasteiger partial charge is 0.119 e. The summed E-state index contributed by atoms with van der Waals surface area (Å²) in [5.74, 6) is 1.70. The fourth-order valence-electron chi connectivity index (χ4n) is 3.95. The van der Waals surface area contributed by atoms with Crippen LogP contribution in [0.1, 0.15) is 25.0 Å². The van der Waals surface area contributed by atoms with Crippen LogP contribution in [-0.4, -0.2) is 13.2 Å². The van der Waals surface area contributed by atoms with Crippen LogP contribution in [0.2, 0.25) is 10.0 Å². The van der Waals surface area contributed by atoms with E-state index < -0.39 is 0 Å². The zero-order valence-corrected chi connectivity index (χ0v) is 21.4. The highest BCUT2D eigenvalue weighted by atomic mass is 35.5. The van der Waals surface area contributed by atoms with Crippen LogP contribution in [-0.2, 0) is 18.0 Å². The van der Waals surface area contributed by atoms with Crippen molar-refractivity contribution in [3.05, 3.63) is 106 Å². The maximum atomic E-state index is 6.32. The van der Waals surface area contributed by atoms with Crippen molar-refractivity contribution in [2.24, 2.45) is 0 Å². The predicted molar refractivity (Wildman–Crippen MR) is 145 cm³/mol. The lowest BCUT2D eigenvalue weighted by molar-refractivity contribution is 0.108. The Kier molecular flexibility index (Phi) is 8.70. The van der Waals surface area contributed by atoms with Gasteiger partial charge in [0.25, 0.3) is 0 Å². The Bertz CT molecular complexity index is 1150. The van der Waals surface area contributed by atoms with Gasteiger partial charge in [-0.25, -0.2) is 0 Å². The van der Waals surface area contributed by atoms with Crippen LogP contribution >= 0.6 is 23.2 Å². The van der Waals surface area contributed by atoms with E-state index in [0.717, 1.165) is 44.9 Å². The summed E-state index contributed by atoms with van der Waals surface area (Å²) in [7, 11) is 0. The first-order valence-electron chi connectivity index (χ1n) is 11.7. The van der Waals surface area contributed by atoms with Crippen molar-refractivity contribution in [1.82, 2.24) is 0 Å². The molecule has 180 valence electrons. The second-order valence-corrected chi connectivity index (χ2v) is 8.88. The quantitative estimate of drug-likeness (QED) is 0.215. The highest BCUT2D eigenvalue weighted by Gasteiger charge is 2.10. The van der Waals surface area contributed by atoms with E-state index in [2.05, 4.69) is 0 Å². The Morgan fingerprint density at radius 2 is 0.943 bits per heavy atom. The molecule has 0 saturated carbocycles. The Balaban J connectivity index is 1.52. The van der Waals surface area contributed by atoms with Crippen LogP contribution in [0, 0.1) is 0 Å². The van der Waals surface area contributed by atoms with Gasteiger partial charge >= 0.3 is 0 Å². The number of ether oxygens (including phenoxy) is 3. The third-order valence-corrected chi connectivity index (χ3v) is 6.08.